The first-order valence-corrected chi connectivity index (χ1v) is 8.43. The van der Waals surface area contributed by atoms with E-state index in [1.165, 1.54) is 28.1 Å². The average molecular weight is 368 g/mol. The van der Waals surface area contributed by atoms with E-state index in [9.17, 15) is 9.59 Å². The van der Waals surface area contributed by atoms with Gasteiger partial charge >= 0.3 is 0 Å². The predicted molar refractivity (Wildman–Crippen MR) is 97.8 cm³/mol. The Kier molecular flexibility index (Phi) is 5.60. The third kappa shape index (κ3) is 4.78. The van der Waals surface area contributed by atoms with Crippen molar-refractivity contribution < 1.29 is 9.53 Å². The molecule has 0 unspecified atom stereocenters. The van der Waals surface area contributed by atoms with Crippen LogP contribution in [-0.2, 0) is 11.3 Å². The van der Waals surface area contributed by atoms with E-state index in [0.717, 1.165) is 11.1 Å². The number of benzene rings is 1. The van der Waals surface area contributed by atoms with Crippen molar-refractivity contribution in [3.63, 3.8) is 0 Å². The summed E-state index contributed by atoms with van der Waals surface area (Å²) >= 11 is 0. The van der Waals surface area contributed by atoms with E-state index in [-0.39, 0.29) is 31.2 Å². The zero-order chi connectivity index (χ0) is 19.2. The average Bonchev–Trinajstić information content (AvgIpc) is 3.19. The maximum atomic E-state index is 11.9. The highest BCUT2D eigenvalue weighted by Gasteiger charge is 2.06. The van der Waals surface area contributed by atoms with Crippen LogP contribution in [0.25, 0.3) is 5.82 Å². The summed E-state index contributed by atoms with van der Waals surface area (Å²) in [6, 6.07) is 8.62. The number of aromatic nitrogens is 5. The fourth-order valence-corrected chi connectivity index (χ4v) is 2.35. The standard InChI is InChI=1S/C18H20N6O3/c1-13-3-4-15(9-14(13)2)27-10-17(25)20-7-8-23-18(26)6-5-16(22-23)24-12-19-11-21-24/h3-6,9,11-12H,7-8,10H2,1-2H3,(H,20,25). The number of hydrogen-bond donors (Lipinski definition) is 1. The van der Waals surface area contributed by atoms with Crippen molar-refractivity contribution in [2.45, 2.75) is 20.4 Å². The first kappa shape index (κ1) is 18.3. The van der Waals surface area contributed by atoms with Crippen molar-refractivity contribution in [3.05, 3.63) is 64.5 Å². The molecule has 0 aliphatic heterocycles. The summed E-state index contributed by atoms with van der Waals surface area (Å²) in [6.45, 7) is 4.39. The van der Waals surface area contributed by atoms with E-state index in [1.807, 2.05) is 32.0 Å². The Labute approximate surface area is 155 Å². The van der Waals surface area contributed by atoms with Crippen LogP contribution in [0.15, 0.2) is 47.8 Å². The van der Waals surface area contributed by atoms with Crippen LogP contribution in [0, 0.1) is 13.8 Å². The Morgan fingerprint density at radius 2 is 2.04 bits per heavy atom. The van der Waals surface area contributed by atoms with Gasteiger partial charge in [0.1, 0.15) is 18.4 Å². The minimum Gasteiger partial charge on any atom is -0.484 e. The monoisotopic (exact) mass is 368 g/mol. The summed E-state index contributed by atoms with van der Waals surface area (Å²) in [5.74, 6) is 0.844. The van der Waals surface area contributed by atoms with Gasteiger partial charge in [-0.25, -0.2) is 14.3 Å². The van der Waals surface area contributed by atoms with Crippen molar-refractivity contribution in [1.82, 2.24) is 29.9 Å². The molecule has 1 N–H and O–H groups in total. The van der Waals surface area contributed by atoms with E-state index >= 15 is 0 Å². The molecular formula is C18H20N6O3. The summed E-state index contributed by atoms with van der Waals surface area (Å²) < 4.78 is 8.20. The molecule has 0 saturated heterocycles. The maximum absolute atomic E-state index is 11.9. The van der Waals surface area contributed by atoms with Gasteiger partial charge in [-0.2, -0.15) is 5.10 Å². The smallest absolute Gasteiger partial charge is 0.266 e. The quantitative estimate of drug-likeness (QED) is 0.656. The first-order chi connectivity index (χ1) is 13.0. The Balaban J connectivity index is 1.50. The minimum absolute atomic E-state index is 0.0934. The highest BCUT2D eigenvalue weighted by Crippen LogP contribution is 2.16. The highest BCUT2D eigenvalue weighted by molar-refractivity contribution is 5.77. The molecule has 0 radical (unpaired) electrons. The van der Waals surface area contributed by atoms with Gasteiger partial charge in [-0.05, 0) is 43.2 Å². The van der Waals surface area contributed by atoms with Crippen molar-refractivity contribution in [3.8, 4) is 11.6 Å². The fourth-order valence-electron chi connectivity index (χ4n) is 2.35. The highest BCUT2D eigenvalue weighted by atomic mass is 16.5. The summed E-state index contributed by atoms with van der Waals surface area (Å²) in [5, 5.41) is 10.9. The van der Waals surface area contributed by atoms with Gasteiger partial charge in [-0.15, -0.1) is 5.10 Å². The number of nitrogens with one attached hydrogen (secondary N) is 1. The van der Waals surface area contributed by atoms with Gasteiger partial charge in [0.2, 0.25) is 0 Å². The van der Waals surface area contributed by atoms with Gasteiger partial charge in [0, 0.05) is 12.6 Å². The van der Waals surface area contributed by atoms with Gasteiger partial charge in [0.15, 0.2) is 12.4 Å². The van der Waals surface area contributed by atoms with Gasteiger partial charge in [-0.1, -0.05) is 6.07 Å². The lowest BCUT2D eigenvalue weighted by atomic mass is 10.1. The Bertz CT molecular complexity index is 981. The number of ether oxygens (including phenoxy) is 1. The SMILES string of the molecule is Cc1ccc(OCC(=O)NCCn2nc(-n3cncn3)ccc2=O)cc1C. The number of aryl methyl sites for hydroxylation is 2. The van der Waals surface area contributed by atoms with Crippen molar-refractivity contribution in [2.24, 2.45) is 0 Å². The summed E-state index contributed by atoms with van der Waals surface area (Å²) in [6.07, 6.45) is 2.87. The lowest BCUT2D eigenvalue weighted by Gasteiger charge is -2.10. The van der Waals surface area contributed by atoms with Gasteiger partial charge in [-0.3, -0.25) is 9.59 Å². The number of amides is 1. The first-order valence-electron chi connectivity index (χ1n) is 8.43. The molecule has 2 aromatic heterocycles. The molecule has 0 aliphatic rings. The van der Waals surface area contributed by atoms with Crippen LogP contribution in [0.2, 0.25) is 0 Å². The number of carbonyl (C=O) groups excluding carboxylic acids is 1. The number of hydrogen-bond acceptors (Lipinski definition) is 6. The second-order valence-corrected chi connectivity index (χ2v) is 5.98. The largest absolute Gasteiger partial charge is 0.484 e. The second-order valence-electron chi connectivity index (χ2n) is 5.98. The zero-order valence-electron chi connectivity index (χ0n) is 15.1. The molecule has 2 heterocycles. The number of nitrogens with zero attached hydrogens (tertiary/aromatic N) is 5. The molecule has 3 rings (SSSR count). The van der Waals surface area contributed by atoms with Gasteiger partial charge in [0.25, 0.3) is 11.5 Å². The van der Waals surface area contributed by atoms with Crippen LogP contribution < -0.4 is 15.6 Å². The third-order valence-corrected chi connectivity index (χ3v) is 4.00. The topological polar surface area (TPSA) is 104 Å². The van der Waals surface area contributed by atoms with Crippen LogP contribution in [0.1, 0.15) is 11.1 Å². The fraction of sp³-hybridized carbons (Fsp3) is 0.278. The molecule has 9 heteroatoms. The van der Waals surface area contributed by atoms with Crippen molar-refractivity contribution in [1.29, 1.82) is 0 Å². The van der Waals surface area contributed by atoms with E-state index < -0.39 is 0 Å². The van der Waals surface area contributed by atoms with Crippen LogP contribution in [-0.4, -0.2) is 43.6 Å². The molecule has 3 aromatic rings. The van der Waals surface area contributed by atoms with Crippen LogP contribution in [0.4, 0.5) is 0 Å². The van der Waals surface area contributed by atoms with Crippen molar-refractivity contribution in [2.75, 3.05) is 13.2 Å². The predicted octanol–water partition coefficient (Wildman–Crippen LogP) is 0.636. The molecule has 0 saturated carbocycles. The Morgan fingerprint density at radius 1 is 1.19 bits per heavy atom. The number of carbonyl (C=O) groups is 1. The maximum Gasteiger partial charge on any atom is 0.266 e. The molecule has 0 atom stereocenters. The third-order valence-electron chi connectivity index (χ3n) is 4.00. The lowest BCUT2D eigenvalue weighted by molar-refractivity contribution is -0.123. The Hall–Kier alpha value is -3.49. The molecule has 27 heavy (non-hydrogen) atoms. The molecule has 0 spiro atoms. The van der Waals surface area contributed by atoms with Gasteiger partial charge in [0.05, 0.1) is 6.54 Å². The van der Waals surface area contributed by atoms with Crippen molar-refractivity contribution >= 4 is 5.91 Å². The van der Waals surface area contributed by atoms with Crippen LogP contribution in [0.5, 0.6) is 5.75 Å². The second kappa shape index (κ2) is 8.26. The normalized spacial score (nSPS) is 10.6. The van der Waals surface area contributed by atoms with Crippen LogP contribution in [0.3, 0.4) is 0 Å². The minimum atomic E-state index is -0.270. The van der Waals surface area contributed by atoms with Crippen LogP contribution >= 0.6 is 0 Å². The van der Waals surface area contributed by atoms with E-state index in [4.69, 9.17) is 4.74 Å². The molecule has 0 aliphatic carbocycles. The molecule has 0 fully saturated rings. The van der Waals surface area contributed by atoms with E-state index in [2.05, 4.69) is 20.5 Å². The number of rotatable bonds is 7. The molecule has 140 valence electrons. The molecule has 9 nitrogen and oxygen atoms in total. The zero-order valence-corrected chi connectivity index (χ0v) is 15.1. The van der Waals surface area contributed by atoms with Gasteiger partial charge < -0.3 is 10.1 Å². The molecule has 1 aromatic carbocycles. The van der Waals surface area contributed by atoms with E-state index in [0.29, 0.717) is 11.6 Å². The summed E-state index contributed by atoms with van der Waals surface area (Å²) in [7, 11) is 0. The van der Waals surface area contributed by atoms with E-state index in [1.54, 1.807) is 6.07 Å². The molecule has 1 amide bonds. The Morgan fingerprint density at radius 3 is 2.78 bits per heavy atom. The molecule has 0 bridgehead atoms. The lowest BCUT2D eigenvalue weighted by Crippen LogP contribution is -2.34. The summed E-state index contributed by atoms with van der Waals surface area (Å²) in [5.41, 5.74) is 2.00. The molecular weight excluding hydrogens is 348 g/mol. The summed E-state index contributed by atoms with van der Waals surface area (Å²) in [4.78, 5) is 27.7.